The predicted octanol–water partition coefficient (Wildman–Crippen LogP) is 5.64. The van der Waals surface area contributed by atoms with Crippen LogP contribution < -0.4 is 4.74 Å². The van der Waals surface area contributed by atoms with Gasteiger partial charge in [0, 0.05) is 17.5 Å². The normalized spacial score (nSPS) is 15.9. The number of halogens is 1. The molecule has 0 saturated carbocycles. The van der Waals surface area contributed by atoms with Crippen LogP contribution in [0.15, 0.2) is 60.0 Å². The van der Waals surface area contributed by atoms with Gasteiger partial charge in [-0.3, -0.25) is 9.59 Å². The molecule has 2 aromatic carbocycles. The highest BCUT2D eigenvalue weighted by molar-refractivity contribution is 7.10. The minimum absolute atomic E-state index is 0.0150. The highest BCUT2D eigenvalue weighted by Gasteiger charge is 2.34. The van der Waals surface area contributed by atoms with Crippen LogP contribution in [-0.4, -0.2) is 47.4 Å². The van der Waals surface area contributed by atoms with Crippen molar-refractivity contribution >= 4 is 23.2 Å². The summed E-state index contributed by atoms with van der Waals surface area (Å²) in [7, 11) is 0. The Morgan fingerprint density at radius 1 is 1.17 bits per heavy atom. The zero-order valence-corrected chi connectivity index (χ0v) is 21.2. The Labute approximate surface area is 210 Å². The fourth-order valence-corrected chi connectivity index (χ4v) is 5.36. The molecule has 3 aromatic rings. The van der Waals surface area contributed by atoms with Crippen LogP contribution in [0.1, 0.15) is 52.7 Å². The smallest absolute Gasteiger partial charge is 0.257 e. The van der Waals surface area contributed by atoms with E-state index in [-0.39, 0.29) is 30.1 Å². The number of rotatable bonds is 8. The van der Waals surface area contributed by atoms with Gasteiger partial charge in [0.05, 0.1) is 11.6 Å². The molecule has 0 saturated heterocycles. The average Bonchev–Trinajstić information content (AvgIpc) is 3.35. The molecule has 2 atom stereocenters. The van der Waals surface area contributed by atoms with Crippen molar-refractivity contribution < 1.29 is 18.7 Å². The number of carbonyl (C=O) groups excluding carboxylic acids is 2. The number of nitrogens with zero attached hydrogens (tertiary/aromatic N) is 2. The average molecular weight is 495 g/mol. The van der Waals surface area contributed by atoms with E-state index in [0.717, 1.165) is 23.3 Å². The number of hydrogen-bond acceptors (Lipinski definition) is 4. The first-order chi connectivity index (χ1) is 16.9. The maximum absolute atomic E-state index is 14.4. The van der Waals surface area contributed by atoms with E-state index in [1.165, 1.54) is 21.9 Å². The molecule has 1 aromatic heterocycles. The van der Waals surface area contributed by atoms with Crippen molar-refractivity contribution in [1.82, 2.24) is 9.80 Å². The van der Waals surface area contributed by atoms with Gasteiger partial charge in [-0.15, -0.1) is 11.3 Å². The first kappa shape index (κ1) is 24.9. The van der Waals surface area contributed by atoms with E-state index in [0.29, 0.717) is 19.6 Å². The van der Waals surface area contributed by atoms with Gasteiger partial charge in [-0.2, -0.15) is 0 Å². The largest absolute Gasteiger partial charge is 0.491 e. The monoisotopic (exact) mass is 494 g/mol. The van der Waals surface area contributed by atoms with E-state index in [9.17, 15) is 14.0 Å². The summed E-state index contributed by atoms with van der Waals surface area (Å²) >= 11 is 1.69. The van der Waals surface area contributed by atoms with Crippen molar-refractivity contribution in [2.75, 3.05) is 19.7 Å². The number of aryl methyl sites for hydroxylation is 1. The summed E-state index contributed by atoms with van der Waals surface area (Å²) in [6, 6.07) is 15.3. The lowest BCUT2D eigenvalue weighted by Crippen LogP contribution is -2.50. The van der Waals surface area contributed by atoms with Crippen LogP contribution in [0.2, 0.25) is 0 Å². The van der Waals surface area contributed by atoms with E-state index >= 15 is 0 Å². The van der Waals surface area contributed by atoms with Crippen LogP contribution in [-0.2, 0) is 11.2 Å². The number of fused-ring (bicyclic) bond motifs is 1. The van der Waals surface area contributed by atoms with Crippen molar-refractivity contribution in [3.8, 4) is 5.75 Å². The molecular weight excluding hydrogens is 463 g/mol. The zero-order valence-electron chi connectivity index (χ0n) is 20.4. The van der Waals surface area contributed by atoms with E-state index in [2.05, 4.69) is 6.07 Å². The second-order valence-electron chi connectivity index (χ2n) is 8.90. The highest BCUT2D eigenvalue weighted by atomic mass is 32.1. The maximum Gasteiger partial charge on any atom is 0.257 e. The van der Waals surface area contributed by atoms with Crippen LogP contribution in [0.5, 0.6) is 5.75 Å². The van der Waals surface area contributed by atoms with Crippen molar-refractivity contribution in [2.24, 2.45) is 0 Å². The first-order valence-corrected chi connectivity index (χ1v) is 12.9. The third-order valence-electron chi connectivity index (χ3n) is 6.70. The summed E-state index contributed by atoms with van der Waals surface area (Å²) in [6.07, 6.45) is 1.42. The van der Waals surface area contributed by atoms with Gasteiger partial charge >= 0.3 is 0 Å². The second-order valence-corrected chi connectivity index (χ2v) is 9.90. The summed E-state index contributed by atoms with van der Waals surface area (Å²) in [5.41, 5.74) is 2.11. The molecule has 0 bridgehead atoms. The van der Waals surface area contributed by atoms with Gasteiger partial charge in [-0.25, -0.2) is 4.39 Å². The molecule has 0 aliphatic carbocycles. The number of benzene rings is 2. The van der Waals surface area contributed by atoms with Crippen LogP contribution in [0.25, 0.3) is 0 Å². The van der Waals surface area contributed by atoms with Gasteiger partial charge in [0.2, 0.25) is 5.91 Å². The number of amides is 2. The molecule has 0 fully saturated rings. The fraction of sp³-hybridized carbons (Fsp3) is 0.357. The summed E-state index contributed by atoms with van der Waals surface area (Å²) in [5, 5.41) is 2.05. The number of hydrogen-bond donors (Lipinski definition) is 0. The molecular formula is C28H31FN2O3S. The molecule has 35 heavy (non-hydrogen) atoms. The lowest BCUT2D eigenvalue weighted by molar-refractivity contribution is -0.136. The van der Waals surface area contributed by atoms with Gasteiger partial charge in [0.1, 0.15) is 24.7 Å². The predicted molar refractivity (Wildman–Crippen MR) is 136 cm³/mol. The molecule has 1 aliphatic heterocycles. The first-order valence-electron chi connectivity index (χ1n) is 12.0. The molecule has 0 radical (unpaired) electrons. The summed E-state index contributed by atoms with van der Waals surface area (Å²) < 4.78 is 20.6. The molecule has 7 heteroatoms. The van der Waals surface area contributed by atoms with Crippen LogP contribution in [0.4, 0.5) is 4.39 Å². The number of carbonyl (C=O) groups is 2. The van der Waals surface area contributed by atoms with Crippen molar-refractivity contribution in [3.05, 3.63) is 87.4 Å². The van der Waals surface area contributed by atoms with Crippen LogP contribution in [0, 0.1) is 12.7 Å². The van der Waals surface area contributed by atoms with Gasteiger partial charge in [-0.05, 0) is 67.5 Å². The Balaban J connectivity index is 1.57. The van der Waals surface area contributed by atoms with E-state index < -0.39 is 11.7 Å². The lowest BCUT2D eigenvalue weighted by atomic mass is 10.00. The number of thiophene rings is 1. The SMILES string of the molecule is CC[C@H](C)N(CC(=O)N1CCc2sccc2[C@H]1COc1ccccc1C)C(=O)c1ccccc1F. The van der Waals surface area contributed by atoms with Gasteiger partial charge < -0.3 is 14.5 Å². The highest BCUT2D eigenvalue weighted by Crippen LogP contribution is 2.34. The van der Waals surface area contributed by atoms with Crippen molar-refractivity contribution in [1.29, 1.82) is 0 Å². The van der Waals surface area contributed by atoms with Crippen LogP contribution in [0.3, 0.4) is 0 Å². The Morgan fingerprint density at radius 3 is 2.66 bits per heavy atom. The molecule has 1 aliphatic rings. The van der Waals surface area contributed by atoms with E-state index in [1.54, 1.807) is 23.5 Å². The maximum atomic E-state index is 14.4. The quantitative estimate of drug-likeness (QED) is 0.407. The summed E-state index contributed by atoms with van der Waals surface area (Å²) in [6.45, 7) is 6.60. The Kier molecular flexibility index (Phi) is 7.86. The van der Waals surface area contributed by atoms with Crippen LogP contribution >= 0.6 is 11.3 Å². The minimum atomic E-state index is -0.580. The topological polar surface area (TPSA) is 49.9 Å². The zero-order chi connectivity index (χ0) is 24.9. The third-order valence-corrected chi connectivity index (χ3v) is 7.70. The lowest BCUT2D eigenvalue weighted by Gasteiger charge is -2.38. The van der Waals surface area contributed by atoms with Gasteiger partial charge in [0.15, 0.2) is 0 Å². The molecule has 0 N–H and O–H groups in total. The minimum Gasteiger partial charge on any atom is -0.491 e. The number of ether oxygens (including phenoxy) is 1. The van der Waals surface area contributed by atoms with Crippen molar-refractivity contribution in [2.45, 2.75) is 45.7 Å². The Morgan fingerprint density at radius 2 is 1.91 bits per heavy atom. The molecule has 0 spiro atoms. The molecule has 184 valence electrons. The van der Waals surface area contributed by atoms with E-state index in [1.807, 2.05) is 55.3 Å². The third kappa shape index (κ3) is 5.40. The second kappa shape index (κ2) is 11.0. The van der Waals surface area contributed by atoms with Crippen molar-refractivity contribution in [3.63, 3.8) is 0 Å². The molecule has 2 amide bonds. The molecule has 2 heterocycles. The van der Waals surface area contributed by atoms with E-state index in [4.69, 9.17) is 4.74 Å². The molecule has 5 nitrogen and oxygen atoms in total. The standard InChI is InChI=1S/C28H31FN2O3S/c1-4-20(3)31(28(33)21-10-6-7-11-23(21)29)17-27(32)30-15-13-26-22(14-16-35-26)24(30)18-34-25-12-8-5-9-19(25)2/h5-12,14,16,20,24H,4,13,15,17-18H2,1-3H3/t20-,24+/m0/s1. The van der Waals surface area contributed by atoms with Gasteiger partial charge in [0.25, 0.3) is 5.91 Å². The number of para-hydroxylation sites is 1. The molecule has 0 unspecified atom stereocenters. The summed E-state index contributed by atoms with van der Waals surface area (Å²) in [5.74, 6) is -0.418. The van der Waals surface area contributed by atoms with Gasteiger partial charge in [-0.1, -0.05) is 37.3 Å². The molecule has 4 rings (SSSR count). The Bertz CT molecular complexity index is 1190. The summed E-state index contributed by atoms with van der Waals surface area (Å²) in [4.78, 5) is 31.5. The fourth-order valence-electron chi connectivity index (χ4n) is 4.44. The Hall–Kier alpha value is -3.19.